The van der Waals surface area contributed by atoms with E-state index in [2.05, 4.69) is 18.7 Å². The lowest BCUT2D eigenvalue weighted by molar-refractivity contribution is -0.265. The van der Waals surface area contributed by atoms with E-state index in [1.165, 1.54) is 0 Å². The molecule has 3 N–H and O–H groups in total. The fraction of sp³-hybridized carbons (Fsp3) is 0.952. The first-order valence-electron chi connectivity index (χ1n) is 10.8. The van der Waals surface area contributed by atoms with Gasteiger partial charge in [0.2, 0.25) is 0 Å². The third-order valence-corrected chi connectivity index (χ3v) is 9.86. The van der Waals surface area contributed by atoms with Gasteiger partial charge < -0.3 is 20.1 Å². The third kappa shape index (κ3) is 1.61. The van der Waals surface area contributed by atoms with E-state index in [4.69, 9.17) is 4.74 Å². The SMILES string of the molecule is CCN1C[C@]2(C)CC[C@H](O)[C@]34C1[C@H]([C@@H](O)[C@H]23)[C@@]1(O)CC[C@H]2C[C@@H]4[C@@H]1C(=O)O2. The van der Waals surface area contributed by atoms with Gasteiger partial charge in [-0.05, 0) is 50.0 Å². The monoisotopic (exact) mass is 377 g/mol. The number of piperidine rings is 1. The second-order valence-corrected chi connectivity index (χ2v) is 10.6. The van der Waals surface area contributed by atoms with E-state index in [1.807, 2.05) is 0 Å². The molecule has 3 aliphatic heterocycles. The van der Waals surface area contributed by atoms with Gasteiger partial charge in [0, 0.05) is 29.8 Å². The summed E-state index contributed by atoms with van der Waals surface area (Å²) in [6.45, 7) is 6.14. The Labute approximate surface area is 159 Å². The van der Waals surface area contributed by atoms with Crippen LogP contribution in [0.1, 0.15) is 46.0 Å². The van der Waals surface area contributed by atoms with Gasteiger partial charge in [-0.1, -0.05) is 13.8 Å². The van der Waals surface area contributed by atoms with Crippen LogP contribution < -0.4 is 0 Å². The molecule has 27 heavy (non-hydrogen) atoms. The van der Waals surface area contributed by atoms with E-state index in [0.717, 1.165) is 32.4 Å². The smallest absolute Gasteiger partial charge is 0.312 e. The highest BCUT2D eigenvalue weighted by Crippen LogP contribution is 2.76. The summed E-state index contributed by atoms with van der Waals surface area (Å²) in [4.78, 5) is 15.4. The van der Waals surface area contributed by atoms with Gasteiger partial charge in [-0.25, -0.2) is 0 Å². The maximum atomic E-state index is 13.0. The van der Waals surface area contributed by atoms with Crippen molar-refractivity contribution in [3.05, 3.63) is 0 Å². The molecule has 0 aromatic rings. The first-order chi connectivity index (χ1) is 12.8. The molecular weight excluding hydrogens is 346 g/mol. The Morgan fingerprint density at radius 2 is 2.04 bits per heavy atom. The average Bonchev–Trinajstić information content (AvgIpc) is 2.68. The minimum Gasteiger partial charge on any atom is -0.462 e. The molecule has 7 rings (SSSR count). The first kappa shape index (κ1) is 17.2. The standard InChI is InChI=1S/C21H31NO5/c1-3-22-9-19(2)6-5-12(23)21-11-8-10-4-7-20(26,13(11)18(25)27-10)14(17(21)22)15(24)16(19)21/h10-17,23-24,26H,3-9H2,1-2H3/t10-,11+,12-,13+,14-,15+,16+,17?,19-,20+,21-/m0/s1. The summed E-state index contributed by atoms with van der Waals surface area (Å²) < 4.78 is 5.67. The number of hydrogen-bond donors (Lipinski definition) is 3. The molecule has 4 aliphatic carbocycles. The van der Waals surface area contributed by atoms with E-state index >= 15 is 0 Å². The Balaban J connectivity index is 1.66. The van der Waals surface area contributed by atoms with Gasteiger partial charge in [0.15, 0.2) is 0 Å². The molecule has 1 unspecified atom stereocenters. The molecule has 9 bridgehead atoms. The van der Waals surface area contributed by atoms with Crippen LogP contribution in [-0.4, -0.2) is 69.2 Å². The predicted molar refractivity (Wildman–Crippen MR) is 95.5 cm³/mol. The Kier molecular flexibility index (Phi) is 3.11. The molecule has 1 spiro atoms. The van der Waals surface area contributed by atoms with E-state index in [-0.39, 0.29) is 41.3 Å². The van der Waals surface area contributed by atoms with Crippen LogP contribution in [0.2, 0.25) is 0 Å². The number of carbonyl (C=O) groups excluding carboxylic acids is 1. The van der Waals surface area contributed by atoms with Crippen LogP contribution in [0.25, 0.3) is 0 Å². The van der Waals surface area contributed by atoms with Crippen molar-refractivity contribution < 1.29 is 24.9 Å². The topological polar surface area (TPSA) is 90.2 Å². The zero-order chi connectivity index (χ0) is 18.9. The Hall–Kier alpha value is -0.690. The number of esters is 1. The molecule has 3 heterocycles. The Morgan fingerprint density at radius 3 is 2.78 bits per heavy atom. The average molecular weight is 377 g/mol. The van der Waals surface area contributed by atoms with Gasteiger partial charge >= 0.3 is 5.97 Å². The number of ether oxygens (including phenoxy) is 1. The minimum atomic E-state index is -1.22. The van der Waals surface area contributed by atoms with Crippen molar-refractivity contribution >= 4 is 5.97 Å². The molecule has 3 saturated heterocycles. The van der Waals surface area contributed by atoms with E-state index < -0.39 is 29.1 Å². The van der Waals surface area contributed by atoms with E-state index in [1.54, 1.807) is 0 Å². The Morgan fingerprint density at radius 1 is 1.26 bits per heavy atom. The maximum Gasteiger partial charge on any atom is 0.312 e. The lowest BCUT2D eigenvalue weighted by atomic mass is 9.42. The van der Waals surface area contributed by atoms with Crippen LogP contribution in [0.5, 0.6) is 0 Å². The van der Waals surface area contributed by atoms with Crippen LogP contribution in [0.15, 0.2) is 0 Å². The molecule has 150 valence electrons. The molecule has 7 aliphatic rings. The van der Waals surface area contributed by atoms with Crippen molar-refractivity contribution in [2.75, 3.05) is 13.1 Å². The number of carbonyl (C=O) groups is 1. The summed E-state index contributed by atoms with van der Waals surface area (Å²) in [7, 11) is 0. The van der Waals surface area contributed by atoms with Crippen molar-refractivity contribution in [3.8, 4) is 0 Å². The lowest BCUT2D eigenvalue weighted by Gasteiger charge is -2.68. The quantitative estimate of drug-likeness (QED) is 0.578. The van der Waals surface area contributed by atoms with Gasteiger partial charge in [-0.2, -0.15) is 0 Å². The van der Waals surface area contributed by atoms with Crippen LogP contribution in [0.4, 0.5) is 0 Å². The molecule has 7 fully saturated rings. The molecule has 11 atom stereocenters. The molecule has 0 amide bonds. The molecule has 0 aromatic carbocycles. The summed E-state index contributed by atoms with van der Waals surface area (Å²) in [6.07, 6.45) is 2.13. The fourth-order valence-electron chi connectivity index (χ4n) is 9.35. The van der Waals surface area contributed by atoms with Gasteiger partial charge in [0.25, 0.3) is 0 Å². The molecule has 6 nitrogen and oxygen atoms in total. The second-order valence-electron chi connectivity index (χ2n) is 10.6. The fourth-order valence-corrected chi connectivity index (χ4v) is 9.35. The number of likely N-dealkylation sites (tertiary alicyclic amines) is 1. The number of aliphatic hydroxyl groups excluding tert-OH is 2. The lowest BCUT2D eigenvalue weighted by Crippen LogP contribution is -2.76. The second kappa shape index (κ2) is 4.89. The maximum absolute atomic E-state index is 13.0. The van der Waals surface area contributed by atoms with E-state index in [0.29, 0.717) is 12.8 Å². The van der Waals surface area contributed by atoms with Gasteiger partial charge in [-0.3, -0.25) is 9.69 Å². The van der Waals surface area contributed by atoms with Gasteiger partial charge in [0.1, 0.15) is 6.10 Å². The number of hydrogen-bond acceptors (Lipinski definition) is 6. The summed E-state index contributed by atoms with van der Waals surface area (Å²) in [5.74, 6) is -1.45. The number of nitrogens with zero attached hydrogens (tertiary/aromatic N) is 1. The van der Waals surface area contributed by atoms with Gasteiger partial charge in [-0.15, -0.1) is 0 Å². The Bertz CT molecular complexity index is 715. The predicted octanol–water partition coefficient (Wildman–Crippen LogP) is 0.531. The van der Waals surface area contributed by atoms with Crippen molar-refractivity contribution in [1.82, 2.24) is 4.90 Å². The highest BCUT2D eigenvalue weighted by Gasteiger charge is 2.84. The zero-order valence-electron chi connectivity index (χ0n) is 16.2. The summed E-state index contributed by atoms with van der Waals surface area (Å²) in [5, 5.41) is 35.1. The van der Waals surface area contributed by atoms with Crippen LogP contribution in [-0.2, 0) is 9.53 Å². The normalized spacial score (nSPS) is 63.7. The highest BCUT2D eigenvalue weighted by atomic mass is 16.5. The van der Waals surface area contributed by atoms with Crippen molar-refractivity contribution in [1.29, 1.82) is 0 Å². The molecule has 0 radical (unpaired) electrons. The molecule has 6 heteroatoms. The van der Waals surface area contributed by atoms with Crippen molar-refractivity contribution in [2.24, 2.45) is 34.5 Å². The van der Waals surface area contributed by atoms with Crippen LogP contribution in [0.3, 0.4) is 0 Å². The number of fused-ring (bicyclic) bond motifs is 2. The molecule has 0 aromatic heterocycles. The largest absolute Gasteiger partial charge is 0.462 e. The number of rotatable bonds is 1. The van der Waals surface area contributed by atoms with Crippen LogP contribution in [0, 0.1) is 34.5 Å². The number of aliphatic hydroxyl groups is 3. The minimum absolute atomic E-state index is 0.0539. The van der Waals surface area contributed by atoms with Crippen molar-refractivity contribution in [2.45, 2.75) is 75.9 Å². The van der Waals surface area contributed by atoms with Crippen molar-refractivity contribution in [3.63, 3.8) is 0 Å². The summed E-state index contributed by atoms with van der Waals surface area (Å²) >= 11 is 0. The molecular formula is C21H31NO5. The zero-order valence-corrected chi connectivity index (χ0v) is 16.2. The molecule has 4 saturated carbocycles. The van der Waals surface area contributed by atoms with E-state index in [9.17, 15) is 20.1 Å². The summed E-state index contributed by atoms with van der Waals surface area (Å²) in [6, 6.07) is -0.0539. The first-order valence-corrected chi connectivity index (χ1v) is 10.8. The third-order valence-electron chi connectivity index (χ3n) is 9.86. The summed E-state index contributed by atoms with van der Waals surface area (Å²) in [5.41, 5.74) is -1.83. The van der Waals surface area contributed by atoms with Crippen LogP contribution >= 0.6 is 0 Å². The highest BCUT2D eigenvalue weighted by molar-refractivity contribution is 5.77. The van der Waals surface area contributed by atoms with Gasteiger partial charge in [0.05, 0.1) is 23.7 Å².